The monoisotopic (exact) mass is 259 g/mol. The van der Waals surface area contributed by atoms with Crippen molar-refractivity contribution in [2.75, 3.05) is 0 Å². The molecule has 1 unspecified atom stereocenters. The lowest BCUT2D eigenvalue weighted by Gasteiger charge is -2.15. The van der Waals surface area contributed by atoms with Crippen LogP contribution in [0, 0.1) is 0 Å². The van der Waals surface area contributed by atoms with E-state index < -0.39 is 23.8 Å². The molecule has 0 saturated carbocycles. The normalized spacial score (nSPS) is 19.3. The fourth-order valence-electron chi connectivity index (χ4n) is 1.71. The number of halogens is 3. The lowest BCUT2D eigenvalue weighted by molar-refractivity contribution is -0.139. The van der Waals surface area contributed by atoms with Gasteiger partial charge in [-0.3, -0.25) is 0 Å². The molecule has 7 heteroatoms. The average Bonchev–Trinajstić information content (AvgIpc) is 2.77. The third kappa shape index (κ3) is 2.29. The Balaban J connectivity index is 2.29. The molecule has 0 aliphatic carbocycles. The van der Waals surface area contributed by atoms with Crippen LogP contribution in [-0.4, -0.2) is 16.8 Å². The van der Waals surface area contributed by atoms with E-state index in [0.29, 0.717) is 0 Å². The van der Waals surface area contributed by atoms with Gasteiger partial charge in [0, 0.05) is 12.0 Å². The maximum Gasteiger partial charge on any atom is 0.416 e. The summed E-state index contributed by atoms with van der Waals surface area (Å²) in [5.41, 5.74) is -1.22. The van der Waals surface area contributed by atoms with E-state index in [-0.39, 0.29) is 17.7 Å². The molecule has 0 aromatic heterocycles. The number of aliphatic carboxylic acids is 1. The van der Waals surface area contributed by atoms with Crippen LogP contribution in [0.2, 0.25) is 0 Å². The highest BCUT2D eigenvalue weighted by molar-refractivity contribution is 6.35. The standard InChI is InChI=1S/C11H8F3NO3/c12-11(13,14)7-4-2-1-3-6(7)9-5-8(10(16)17)15-18-9/h1-4,9H,5H2,(H,16,17). The van der Waals surface area contributed by atoms with Crippen molar-refractivity contribution in [1.29, 1.82) is 0 Å². The Morgan fingerprint density at radius 1 is 1.39 bits per heavy atom. The van der Waals surface area contributed by atoms with Crippen LogP contribution in [0.5, 0.6) is 0 Å². The molecule has 2 rings (SSSR count). The van der Waals surface area contributed by atoms with Crippen LogP contribution in [-0.2, 0) is 15.8 Å². The van der Waals surface area contributed by atoms with Gasteiger partial charge in [0.25, 0.3) is 0 Å². The van der Waals surface area contributed by atoms with Gasteiger partial charge in [-0.25, -0.2) is 4.79 Å². The van der Waals surface area contributed by atoms with Crippen LogP contribution in [0.1, 0.15) is 23.7 Å². The van der Waals surface area contributed by atoms with E-state index in [0.717, 1.165) is 6.07 Å². The Bertz CT molecular complexity index is 511. The molecule has 0 saturated heterocycles. The summed E-state index contributed by atoms with van der Waals surface area (Å²) in [4.78, 5) is 15.4. The van der Waals surface area contributed by atoms with Gasteiger partial charge >= 0.3 is 12.1 Å². The average molecular weight is 259 g/mol. The first kappa shape index (κ1) is 12.4. The molecular weight excluding hydrogens is 251 g/mol. The number of carbonyl (C=O) groups is 1. The fraction of sp³-hybridized carbons (Fsp3) is 0.273. The molecule has 1 heterocycles. The third-order valence-electron chi connectivity index (χ3n) is 2.53. The van der Waals surface area contributed by atoms with Crippen molar-refractivity contribution in [2.45, 2.75) is 18.7 Å². The number of hydrogen-bond donors (Lipinski definition) is 1. The number of oxime groups is 1. The van der Waals surface area contributed by atoms with Gasteiger partial charge in [-0.2, -0.15) is 13.2 Å². The predicted molar refractivity (Wildman–Crippen MR) is 55.0 cm³/mol. The lowest BCUT2D eigenvalue weighted by atomic mass is 9.98. The van der Waals surface area contributed by atoms with E-state index in [1.54, 1.807) is 0 Å². The molecule has 0 fully saturated rings. The molecule has 0 amide bonds. The Morgan fingerprint density at radius 2 is 2.06 bits per heavy atom. The minimum absolute atomic E-state index is 0.106. The maximum atomic E-state index is 12.7. The zero-order valence-corrected chi connectivity index (χ0v) is 8.94. The molecule has 18 heavy (non-hydrogen) atoms. The van der Waals surface area contributed by atoms with E-state index in [1.807, 2.05) is 0 Å². The highest BCUT2D eigenvalue weighted by Crippen LogP contribution is 2.38. The molecule has 0 bridgehead atoms. The molecule has 1 aliphatic heterocycles. The summed E-state index contributed by atoms with van der Waals surface area (Å²) >= 11 is 0. The molecule has 1 atom stereocenters. The molecule has 4 nitrogen and oxygen atoms in total. The number of carboxylic acid groups (broad SMARTS) is 1. The van der Waals surface area contributed by atoms with Gasteiger partial charge < -0.3 is 9.94 Å². The van der Waals surface area contributed by atoms with Crippen molar-refractivity contribution in [3.05, 3.63) is 35.4 Å². The van der Waals surface area contributed by atoms with Crippen molar-refractivity contribution in [1.82, 2.24) is 0 Å². The minimum atomic E-state index is -4.51. The summed E-state index contributed by atoms with van der Waals surface area (Å²) in [6.45, 7) is 0. The molecule has 0 radical (unpaired) electrons. The van der Waals surface area contributed by atoms with E-state index in [1.165, 1.54) is 18.2 Å². The van der Waals surface area contributed by atoms with Gasteiger partial charge in [0.2, 0.25) is 0 Å². The van der Waals surface area contributed by atoms with Crippen molar-refractivity contribution in [3.63, 3.8) is 0 Å². The highest BCUT2D eigenvalue weighted by atomic mass is 19.4. The summed E-state index contributed by atoms with van der Waals surface area (Å²) in [6.07, 6.45) is -5.69. The summed E-state index contributed by atoms with van der Waals surface area (Å²) in [7, 11) is 0. The SMILES string of the molecule is O=C(O)C1=NOC(c2ccccc2C(F)(F)F)C1. The second-order valence-electron chi connectivity index (χ2n) is 3.73. The quantitative estimate of drug-likeness (QED) is 0.888. The largest absolute Gasteiger partial charge is 0.477 e. The minimum Gasteiger partial charge on any atom is -0.477 e. The molecule has 96 valence electrons. The van der Waals surface area contributed by atoms with Crippen molar-refractivity contribution in [3.8, 4) is 0 Å². The zero-order chi connectivity index (χ0) is 13.3. The maximum absolute atomic E-state index is 12.7. The first-order valence-corrected chi connectivity index (χ1v) is 5.01. The summed E-state index contributed by atoms with van der Waals surface area (Å²) in [5, 5.41) is 11.9. The summed E-state index contributed by atoms with van der Waals surface area (Å²) < 4.78 is 38.2. The molecule has 0 spiro atoms. The van der Waals surface area contributed by atoms with Crippen LogP contribution in [0.25, 0.3) is 0 Å². The topological polar surface area (TPSA) is 58.9 Å². The number of carboxylic acids is 1. The van der Waals surface area contributed by atoms with Gasteiger partial charge in [-0.05, 0) is 6.07 Å². The van der Waals surface area contributed by atoms with E-state index >= 15 is 0 Å². The van der Waals surface area contributed by atoms with Crippen molar-refractivity contribution in [2.24, 2.45) is 5.16 Å². The number of benzene rings is 1. The first-order chi connectivity index (χ1) is 8.39. The number of rotatable bonds is 2. The zero-order valence-electron chi connectivity index (χ0n) is 8.94. The van der Waals surface area contributed by atoms with Gasteiger partial charge in [0.05, 0.1) is 5.56 Å². The lowest BCUT2D eigenvalue weighted by Crippen LogP contribution is -2.14. The number of nitrogens with zero attached hydrogens (tertiary/aromatic N) is 1. The third-order valence-corrected chi connectivity index (χ3v) is 2.53. The Morgan fingerprint density at radius 3 is 2.61 bits per heavy atom. The second kappa shape index (κ2) is 4.32. The van der Waals surface area contributed by atoms with E-state index in [2.05, 4.69) is 5.16 Å². The van der Waals surface area contributed by atoms with Crippen LogP contribution in [0.15, 0.2) is 29.4 Å². The Kier molecular flexibility index (Phi) is 2.98. The van der Waals surface area contributed by atoms with Gasteiger partial charge in [0.1, 0.15) is 0 Å². The van der Waals surface area contributed by atoms with Gasteiger partial charge in [0.15, 0.2) is 11.8 Å². The molecular formula is C11H8F3NO3. The predicted octanol–water partition coefficient (Wildman–Crippen LogP) is 2.61. The highest BCUT2D eigenvalue weighted by Gasteiger charge is 2.37. The van der Waals surface area contributed by atoms with Crippen LogP contribution in [0.3, 0.4) is 0 Å². The molecule has 1 aromatic carbocycles. The number of alkyl halides is 3. The molecule has 1 aliphatic rings. The van der Waals surface area contributed by atoms with Gasteiger partial charge in [-0.1, -0.05) is 23.4 Å². The fourth-order valence-corrected chi connectivity index (χ4v) is 1.71. The molecule has 1 aromatic rings. The smallest absolute Gasteiger partial charge is 0.416 e. The summed E-state index contributed by atoms with van der Waals surface area (Å²) in [5.74, 6) is -1.29. The second-order valence-corrected chi connectivity index (χ2v) is 3.73. The summed E-state index contributed by atoms with van der Waals surface area (Å²) in [6, 6.07) is 4.89. The first-order valence-electron chi connectivity index (χ1n) is 5.01. The van der Waals surface area contributed by atoms with Crippen molar-refractivity contribution < 1.29 is 27.9 Å². The van der Waals surface area contributed by atoms with Crippen LogP contribution >= 0.6 is 0 Å². The van der Waals surface area contributed by atoms with Crippen LogP contribution in [0.4, 0.5) is 13.2 Å². The Hall–Kier alpha value is -2.05. The van der Waals surface area contributed by atoms with Crippen molar-refractivity contribution >= 4 is 11.7 Å². The van der Waals surface area contributed by atoms with Crippen LogP contribution < -0.4 is 0 Å². The Labute approximate surface area is 99.7 Å². The number of hydrogen-bond acceptors (Lipinski definition) is 3. The van der Waals surface area contributed by atoms with E-state index in [9.17, 15) is 18.0 Å². The van der Waals surface area contributed by atoms with E-state index in [4.69, 9.17) is 9.94 Å². The van der Waals surface area contributed by atoms with Gasteiger partial charge in [-0.15, -0.1) is 0 Å². The molecule has 1 N–H and O–H groups in total.